The average Bonchev–Trinajstić information content (AvgIpc) is 2.41. The Hall–Kier alpha value is -2.65. The standard InChI is InChI=1S/C13H6ClFN2O3/c14-10-6-9(5-4-8(10)7-16)20-13-11(15)2-1-3-12(13)17(18)19/h1-6H. The number of nitrogens with zero attached hydrogens (tertiary/aromatic N) is 2. The van der Waals surface area contributed by atoms with Crippen LogP contribution in [0.2, 0.25) is 5.02 Å². The fraction of sp³-hybridized carbons (Fsp3) is 0. The van der Waals surface area contributed by atoms with Gasteiger partial charge in [-0.05, 0) is 18.2 Å². The second kappa shape index (κ2) is 5.55. The highest BCUT2D eigenvalue weighted by molar-refractivity contribution is 6.31. The number of benzene rings is 2. The Morgan fingerprint density at radius 3 is 2.70 bits per heavy atom. The molecule has 0 saturated carbocycles. The van der Waals surface area contributed by atoms with Gasteiger partial charge in [-0.3, -0.25) is 10.1 Å². The summed E-state index contributed by atoms with van der Waals surface area (Å²) in [7, 11) is 0. The number of halogens is 2. The van der Waals surface area contributed by atoms with Crippen molar-refractivity contribution in [3.8, 4) is 17.6 Å². The first-order chi connectivity index (χ1) is 9.52. The third kappa shape index (κ3) is 2.68. The highest BCUT2D eigenvalue weighted by Gasteiger charge is 2.20. The van der Waals surface area contributed by atoms with Crippen LogP contribution in [0.25, 0.3) is 0 Å². The maximum atomic E-state index is 13.6. The van der Waals surface area contributed by atoms with Crippen LogP contribution in [0.4, 0.5) is 10.1 Å². The molecule has 0 aliphatic carbocycles. The summed E-state index contributed by atoms with van der Waals surface area (Å²) in [5.74, 6) is -1.26. The van der Waals surface area contributed by atoms with Gasteiger partial charge in [-0.2, -0.15) is 5.26 Å². The molecule has 0 spiro atoms. The molecule has 0 atom stereocenters. The topological polar surface area (TPSA) is 76.2 Å². The average molecular weight is 293 g/mol. The van der Waals surface area contributed by atoms with Crippen molar-refractivity contribution in [1.82, 2.24) is 0 Å². The first-order valence-corrected chi connectivity index (χ1v) is 5.71. The molecule has 20 heavy (non-hydrogen) atoms. The van der Waals surface area contributed by atoms with Gasteiger partial charge in [0.15, 0.2) is 5.82 Å². The third-order valence-electron chi connectivity index (χ3n) is 2.42. The van der Waals surface area contributed by atoms with Crippen molar-refractivity contribution in [2.24, 2.45) is 0 Å². The van der Waals surface area contributed by atoms with E-state index in [0.717, 1.165) is 12.1 Å². The Labute approximate surface area is 117 Å². The van der Waals surface area contributed by atoms with Gasteiger partial charge in [-0.1, -0.05) is 17.7 Å². The van der Waals surface area contributed by atoms with E-state index in [-0.39, 0.29) is 16.3 Å². The number of nitro benzene ring substituents is 1. The van der Waals surface area contributed by atoms with Gasteiger partial charge in [-0.25, -0.2) is 4.39 Å². The number of hydrogen-bond donors (Lipinski definition) is 0. The molecule has 7 heteroatoms. The van der Waals surface area contributed by atoms with Crippen LogP contribution in [0.1, 0.15) is 5.56 Å². The Bertz CT molecular complexity index is 728. The Morgan fingerprint density at radius 2 is 2.10 bits per heavy atom. The quantitative estimate of drug-likeness (QED) is 0.631. The molecule has 0 unspecified atom stereocenters. The normalized spacial score (nSPS) is 9.85. The van der Waals surface area contributed by atoms with Crippen molar-refractivity contribution in [2.45, 2.75) is 0 Å². The lowest BCUT2D eigenvalue weighted by atomic mass is 10.2. The maximum absolute atomic E-state index is 13.6. The van der Waals surface area contributed by atoms with Gasteiger partial charge in [0.2, 0.25) is 5.75 Å². The number of nitro groups is 1. The molecule has 0 aliphatic rings. The molecule has 0 saturated heterocycles. The molecule has 0 amide bonds. The predicted molar refractivity (Wildman–Crippen MR) is 69.3 cm³/mol. The molecule has 0 aromatic heterocycles. The van der Waals surface area contributed by atoms with Gasteiger partial charge < -0.3 is 4.74 Å². The van der Waals surface area contributed by atoms with Crippen molar-refractivity contribution >= 4 is 17.3 Å². The van der Waals surface area contributed by atoms with Crippen molar-refractivity contribution in [2.75, 3.05) is 0 Å². The SMILES string of the molecule is N#Cc1ccc(Oc2c(F)cccc2[N+](=O)[O-])cc1Cl. The Kier molecular flexibility index (Phi) is 3.82. The first-order valence-electron chi connectivity index (χ1n) is 5.33. The molecule has 0 N–H and O–H groups in total. The summed E-state index contributed by atoms with van der Waals surface area (Å²) in [5, 5.41) is 19.7. The fourth-order valence-corrected chi connectivity index (χ4v) is 1.72. The molecular formula is C13H6ClFN2O3. The van der Waals surface area contributed by atoms with E-state index in [2.05, 4.69) is 0 Å². The summed E-state index contributed by atoms with van der Waals surface area (Å²) in [6.45, 7) is 0. The summed E-state index contributed by atoms with van der Waals surface area (Å²) in [6, 6.07) is 9.29. The minimum Gasteiger partial charge on any atom is -0.447 e. The highest BCUT2D eigenvalue weighted by atomic mass is 35.5. The van der Waals surface area contributed by atoms with Crippen molar-refractivity contribution < 1.29 is 14.1 Å². The van der Waals surface area contributed by atoms with E-state index in [1.807, 2.05) is 6.07 Å². The summed E-state index contributed by atoms with van der Waals surface area (Å²) in [4.78, 5) is 10.1. The van der Waals surface area contributed by atoms with Crippen LogP contribution in [0.5, 0.6) is 11.5 Å². The number of nitriles is 1. The molecule has 0 heterocycles. The number of ether oxygens (including phenoxy) is 1. The molecule has 2 aromatic carbocycles. The van der Waals surface area contributed by atoms with Gasteiger partial charge in [0.1, 0.15) is 11.8 Å². The van der Waals surface area contributed by atoms with E-state index in [1.165, 1.54) is 24.3 Å². The van der Waals surface area contributed by atoms with Gasteiger partial charge in [0.25, 0.3) is 0 Å². The zero-order chi connectivity index (χ0) is 14.7. The minimum absolute atomic E-state index is 0.0993. The summed E-state index contributed by atoms with van der Waals surface area (Å²) >= 11 is 5.81. The third-order valence-corrected chi connectivity index (χ3v) is 2.74. The molecule has 0 radical (unpaired) electrons. The van der Waals surface area contributed by atoms with Gasteiger partial charge in [0, 0.05) is 12.1 Å². The van der Waals surface area contributed by atoms with Crippen LogP contribution in [-0.2, 0) is 0 Å². The fourth-order valence-electron chi connectivity index (χ4n) is 1.51. The molecule has 0 aliphatic heterocycles. The highest BCUT2D eigenvalue weighted by Crippen LogP contribution is 2.34. The van der Waals surface area contributed by atoms with Crippen LogP contribution in [-0.4, -0.2) is 4.92 Å². The largest absolute Gasteiger partial charge is 0.447 e. The van der Waals surface area contributed by atoms with Crippen LogP contribution in [0.15, 0.2) is 36.4 Å². The predicted octanol–water partition coefficient (Wildman–Crippen LogP) is 4.05. The van der Waals surface area contributed by atoms with E-state index >= 15 is 0 Å². The lowest BCUT2D eigenvalue weighted by molar-refractivity contribution is -0.385. The number of rotatable bonds is 3. The van der Waals surface area contributed by atoms with Crippen LogP contribution < -0.4 is 4.74 Å². The van der Waals surface area contributed by atoms with E-state index in [0.29, 0.717) is 0 Å². The smallest absolute Gasteiger partial charge is 0.314 e. The van der Waals surface area contributed by atoms with Gasteiger partial charge in [0.05, 0.1) is 15.5 Å². The van der Waals surface area contributed by atoms with Crippen molar-refractivity contribution in [1.29, 1.82) is 5.26 Å². The number of para-hydroxylation sites is 1. The van der Waals surface area contributed by atoms with E-state index in [1.54, 1.807) is 0 Å². The molecule has 5 nitrogen and oxygen atoms in total. The van der Waals surface area contributed by atoms with Crippen LogP contribution in [0.3, 0.4) is 0 Å². The van der Waals surface area contributed by atoms with Gasteiger partial charge in [-0.15, -0.1) is 0 Å². The summed E-state index contributed by atoms with van der Waals surface area (Å²) in [5.41, 5.74) is -0.271. The van der Waals surface area contributed by atoms with E-state index in [4.69, 9.17) is 21.6 Å². The van der Waals surface area contributed by atoms with E-state index < -0.39 is 22.2 Å². The molecule has 2 rings (SSSR count). The van der Waals surface area contributed by atoms with Crippen LogP contribution in [0, 0.1) is 27.3 Å². The number of hydrogen-bond acceptors (Lipinski definition) is 4. The molecule has 2 aromatic rings. The monoisotopic (exact) mass is 292 g/mol. The maximum Gasteiger partial charge on any atom is 0.314 e. The Balaban J connectivity index is 2.43. The van der Waals surface area contributed by atoms with Crippen molar-refractivity contribution in [3.05, 3.63) is 62.9 Å². The molecule has 0 fully saturated rings. The second-order valence-corrected chi connectivity index (χ2v) is 4.11. The zero-order valence-corrected chi connectivity index (χ0v) is 10.6. The van der Waals surface area contributed by atoms with Gasteiger partial charge >= 0.3 is 5.69 Å². The molecule has 0 bridgehead atoms. The second-order valence-electron chi connectivity index (χ2n) is 3.70. The van der Waals surface area contributed by atoms with Crippen molar-refractivity contribution in [3.63, 3.8) is 0 Å². The summed E-state index contributed by atoms with van der Waals surface area (Å²) < 4.78 is 18.8. The van der Waals surface area contributed by atoms with Crippen LogP contribution >= 0.6 is 11.6 Å². The molecular weight excluding hydrogens is 287 g/mol. The zero-order valence-electron chi connectivity index (χ0n) is 9.84. The summed E-state index contributed by atoms with van der Waals surface area (Å²) in [6.07, 6.45) is 0. The lowest BCUT2D eigenvalue weighted by Crippen LogP contribution is -1.96. The lowest BCUT2D eigenvalue weighted by Gasteiger charge is -2.07. The Morgan fingerprint density at radius 1 is 1.35 bits per heavy atom. The first kappa shape index (κ1) is 13.8. The molecule has 100 valence electrons. The minimum atomic E-state index is -0.861. The van der Waals surface area contributed by atoms with E-state index in [9.17, 15) is 14.5 Å².